The van der Waals surface area contributed by atoms with Crippen molar-refractivity contribution in [1.82, 2.24) is 0 Å². The van der Waals surface area contributed by atoms with Crippen LogP contribution in [0.4, 0.5) is 5.69 Å². The van der Waals surface area contributed by atoms with Crippen LogP contribution in [0, 0.1) is 0 Å². The molecule has 0 fully saturated rings. The van der Waals surface area contributed by atoms with Crippen LogP contribution >= 0.6 is 11.3 Å². The van der Waals surface area contributed by atoms with E-state index in [0.717, 1.165) is 19.3 Å². The van der Waals surface area contributed by atoms with E-state index < -0.39 is 11.9 Å². The molecule has 2 aromatic rings. The lowest BCUT2D eigenvalue weighted by atomic mass is 10.2. The van der Waals surface area contributed by atoms with Crippen LogP contribution in [0.15, 0.2) is 30.3 Å². The highest BCUT2D eigenvalue weighted by molar-refractivity contribution is 7.14. The number of aryl methyl sites for hydroxylation is 2. The van der Waals surface area contributed by atoms with Crippen molar-refractivity contribution in [3.8, 4) is 5.75 Å². The van der Waals surface area contributed by atoms with Crippen LogP contribution in [0.3, 0.4) is 0 Å². The number of carbonyl (C=O) groups is 2. The maximum atomic E-state index is 11.9. The largest absolute Gasteiger partial charge is 0.508 e. The summed E-state index contributed by atoms with van der Waals surface area (Å²) in [6, 6.07) is 7.94. The van der Waals surface area contributed by atoms with Crippen molar-refractivity contribution in [2.24, 2.45) is 0 Å². The third kappa shape index (κ3) is 3.28. The third-order valence-corrected chi connectivity index (χ3v) is 4.65. The van der Waals surface area contributed by atoms with Crippen molar-refractivity contribution in [2.45, 2.75) is 19.3 Å². The van der Waals surface area contributed by atoms with E-state index in [1.165, 1.54) is 33.9 Å². The summed E-state index contributed by atoms with van der Waals surface area (Å²) in [5.41, 5.74) is 1.76. The third-order valence-electron chi connectivity index (χ3n) is 3.43. The number of phenolic OH excluding ortho intramolecular Hbond substituents is 1. The maximum Gasteiger partial charge on any atom is 0.348 e. The molecule has 6 heteroatoms. The van der Waals surface area contributed by atoms with Crippen molar-refractivity contribution in [3.63, 3.8) is 0 Å². The number of carbonyl (C=O) groups excluding carboxylic acids is 2. The van der Waals surface area contributed by atoms with Crippen LogP contribution in [-0.2, 0) is 22.4 Å². The Hall–Kier alpha value is -2.34. The van der Waals surface area contributed by atoms with Gasteiger partial charge in [0, 0.05) is 10.6 Å². The van der Waals surface area contributed by atoms with Gasteiger partial charge in [0.15, 0.2) is 6.61 Å². The molecule has 1 aliphatic rings. The lowest BCUT2D eigenvalue weighted by Gasteiger charge is -2.06. The van der Waals surface area contributed by atoms with E-state index in [9.17, 15) is 9.59 Å². The van der Waals surface area contributed by atoms with Crippen molar-refractivity contribution in [2.75, 3.05) is 11.9 Å². The number of ether oxygens (including phenoxy) is 1. The Morgan fingerprint density at radius 2 is 2.00 bits per heavy atom. The summed E-state index contributed by atoms with van der Waals surface area (Å²) in [5, 5.41) is 11.8. The zero-order valence-electron chi connectivity index (χ0n) is 11.8. The van der Waals surface area contributed by atoms with Crippen molar-refractivity contribution in [3.05, 3.63) is 45.6 Å². The minimum atomic E-state index is -0.458. The predicted molar refractivity (Wildman–Crippen MR) is 83.4 cm³/mol. The zero-order valence-corrected chi connectivity index (χ0v) is 12.6. The molecule has 0 spiro atoms. The molecule has 0 atom stereocenters. The predicted octanol–water partition coefficient (Wildman–Crippen LogP) is 2.74. The lowest BCUT2D eigenvalue weighted by Crippen LogP contribution is -2.20. The van der Waals surface area contributed by atoms with Gasteiger partial charge in [-0.15, -0.1) is 11.3 Å². The molecule has 0 saturated heterocycles. The quantitative estimate of drug-likeness (QED) is 0.671. The SMILES string of the molecule is O=C(COC(=O)c1cc2c(s1)CCC2)Nc1ccc(O)cc1. The summed E-state index contributed by atoms with van der Waals surface area (Å²) in [4.78, 5) is 25.5. The Morgan fingerprint density at radius 3 is 2.73 bits per heavy atom. The molecule has 0 radical (unpaired) electrons. The van der Waals surface area contributed by atoms with Gasteiger partial charge in [-0.25, -0.2) is 4.79 Å². The van der Waals surface area contributed by atoms with Gasteiger partial charge >= 0.3 is 5.97 Å². The Labute approximate surface area is 131 Å². The Kier molecular flexibility index (Phi) is 4.11. The number of benzene rings is 1. The second-order valence-electron chi connectivity index (χ2n) is 5.08. The van der Waals surface area contributed by atoms with Gasteiger partial charge in [0.2, 0.25) is 0 Å². The smallest absolute Gasteiger partial charge is 0.348 e. The van der Waals surface area contributed by atoms with Crippen LogP contribution in [0.2, 0.25) is 0 Å². The van der Waals surface area contributed by atoms with Crippen LogP contribution in [-0.4, -0.2) is 23.6 Å². The van der Waals surface area contributed by atoms with Crippen molar-refractivity contribution < 1.29 is 19.4 Å². The number of aromatic hydroxyl groups is 1. The van der Waals surface area contributed by atoms with Gasteiger partial charge in [-0.1, -0.05) is 0 Å². The number of hydrogen-bond acceptors (Lipinski definition) is 5. The fourth-order valence-corrected chi connectivity index (χ4v) is 3.52. The van der Waals surface area contributed by atoms with E-state index in [1.54, 1.807) is 12.1 Å². The fourth-order valence-electron chi connectivity index (χ4n) is 2.37. The summed E-state index contributed by atoms with van der Waals surface area (Å²) < 4.78 is 5.03. The molecule has 1 aromatic carbocycles. The first kappa shape index (κ1) is 14.6. The molecule has 1 heterocycles. The highest BCUT2D eigenvalue weighted by Gasteiger charge is 2.19. The molecule has 1 aromatic heterocycles. The average molecular weight is 317 g/mol. The number of thiophene rings is 1. The van der Waals surface area contributed by atoms with Gasteiger partial charge in [0.05, 0.1) is 0 Å². The lowest BCUT2D eigenvalue weighted by molar-refractivity contribution is -0.119. The average Bonchev–Trinajstić information content (AvgIpc) is 3.08. The molecule has 114 valence electrons. The molecular formula is C16H15NO4S. The van der Waals surface area contributed by atoms with E-state index in [4.69, 9.17) is 9.84 Å². The van der Waals surface area contributed by atoms with Gasteiger partial charge in [0.1, 0.15) is 10.6 Å². The number of amides is 1. The summed E-state index contributed by atoms with van der Waals surface area (Å²) >= 11 is 1.45. The van der Waals surface area contributed by atoms with E-state index >= 15 is 0 Å². The van der Waals surface area contributed by atoms with Crippen LogP contribution in [0.25, 0.3) is 0 Å². The first-order valence-electron chi connectivity index (χ1n) is 6.99. The number of fused-ring (bicyclic) bond motifs is 1. The van der Waals surface area contributed by atoms with E-state index in [2.05, 4.69) is 5.32 Å². The molecule has 22 heavy (non-hydrogen) atoms. The molecule has 1 amide bonds. The molecule has 0 aliphatic heterocycles. The topological polar surface area (TPSA) is 75.6 Å². The van der Waals surface area contributed by atoms with Gasteiger partial charge in [-0.05, 0) is 55.2 Å². The minimum Gasteiger partial charge on any atom is -0.508 e. The number of nitrogens with one attached hydrogen (secondary N) is 1. The Balaban J connectivity index is 1.51. The Morgan fingerprint density at radius 1 is 1.23 bits per heavy atom. The number of hydrogen-bond donors (Lipinski definition) is 2. The monoisotopic (exact) mass is 317 g/mol. The number of esters is 1. The highest BCUT2D eigenvalue weighted by Crippen LogP contribution is 2.30. The molecule has 1 aliphatic carbocycles. The molecule has 5 nitrogen and oxygen atoms in total. The van der Waals surface area contributed by atoms with Gasteiger partial charge < -0.3 is 15.2 Å². The number of phenols is 1. The second-order valence-corrected chi connectivity index (χ2v) is 6.22. The molecule has 2 N–H and O–H groups in total. The maximum absolute atomic E-state index is 11.9. The number of rotatable bonds is 4. The molecule has 0 saturated carbocycles. The molecule has 0 bridgehead atoms. The molecule has 0 unspecified atom stereocenters. The summed E-state index contributed by atoms with van der Waals surface area (Å²) in [7, 11) is 0. The van der Waals surface area contributed by atoms with Crippen LogP contribution in [0.1, 0.15) is 26.5 Å². The summed E-state index contributed by atoms with van der Waals surface area (Å²) in [6.45, 7) is -0.331. The number of anilines is 1. The highest BCUT2D eigenvalue weighted by atomic mass is 32.1. The summed E-state index contributed by atoms with van der Waals surface area (Å²) in [5.74, 6) is -0.751. The van der Waals surface area contributed by atoms with Crippen molar-refractivity contribution in [1.29, 1.82) is 0 Å². The molecule has 3 rings (SSSR count). The first-order chi connectivity index (χ1) is 10.6. The zero-order chi connectivity index (χ0) is 15.5. The van der Waals surface area contributed by atoms with Gasteiger partial charge in [-0.2, -0.15) is 0 Å². The fraction of sp³-hybridized carbons (Fsp3) is 0.250. The standard InChI is InChI=1S/C16H15NO4S/c18-12-6-4-11(5-7-12)17-15(19)9-21-16(20)14-8-10-2-1-3-13(10)22-14/h4-8,18H,1-3,9H2,(H,17,19). The second kappa shape index (κ2) is 6.19. The van der Waals surface area contributed by atoms with E-state index in [0.29, 0.717) is 10.6 Å². The first-order valence-corrected chi connectivity index (χ1v) is 7.81. The van der Waals surface area contributed by atoms with Crippen molar-refractivity contribution >= 4 is 28.9 Å². The summed E-state index contributed by atoms with van der Waals surface area (Å²) in [6.07, 6.45) is 3.18. The Bertz CT molecular complexity index is 684. The minimum absolute atomic E-state index is 0.121. The van der Waals surface area contributed by atoms with E-state index in [1.807, 2.05) is 6.07 Å². The molecular weight excluding hydrogens is 302 g/mol. The van der Waals surface area contributed by atoms with Gasteiger partial charge in [0.25, 0.3) is 5.91 Å². The normalized spacial score (nSPS) is 12.7. The van der Waals surface area contributed by atoms with Gasteiger partial charge in [-0.3, -0.25) is 4.79 Å². The van der Waals surface area contributed by atoms with Crippen LogP contribution < -0.4 is 5.32 Å². The van der Waals surface area contributed by atoms with E-state index in [-0.39, 0.29) is 12.4 Å². The van der Waals surface area contributed by atoms with Crippen LogP contribution in [0.5, 0.6) is 5.75 Å².